The van der Waals surface area contributed by atoms with Crippen molar-refractivity contribution in [3.05, 3.63) is 0 Å². The fourth-order valence-corrected chi connectivity index (χ4v) is 4.13. The van der Waals surface area contributed by atoms with Crippen molar-refractivity contribution < 1.29 is 14.3 Å². The highest BCUT2D eigenvalue weighted by atomic mass is 16.5. The minimum absolute atomic E-state index is 0.0835. The lowest BCUT2D eigenvalue weighted by Gasteiger charge is -2.36. The molecule has 4 nitrogen and oxygen atoms in total. The van der Waals surface area contributed by atoms with E-state index in [9.17, 15) is 9.59 Å². The zero-order valence-electron chi connectivity index (χ0n) is 12.4. The van der Waals surface area contributed by atoms with E-state index in [1.54, 1.807) is 0 Å². The van der Waals surface area contributed by atoms with Crippen molar-refractivity contribution in [1.29, 1.82) is 0 Å². The average Bonchev–Trinajstić information content (AvgIpc) is 3.08. The predicted molar refractivity (Wildman–Crippen MR) is 75.3 cm³/mol. The molecule has 0 aromatic heterocycles. The van der Waals surface area contributed by atoms with Gasteiger partial charge in [0, 0.05) is 31.5 Å². The fourth-order valence-electron chi connectivity index (χ4n) is 4.13. The van der Waals surface area contributed by atoms with E-state index in [4.69, 9.17) is 4.74 Å². The normalized spacial score (nSPS) is 38.5. The van der Waals surface area contributed by atoms with E-state index in [0.717, 1.165) is 51.5 Å². The van der Waals surface area contributed by atoms with Gasteiger partial charge < -0.3 is 9.64 Å². The van der Waals surface area contributed by atoms with E-state index < -0.39 is 5.60 Å². The third-order valence-corrected chi connectivity index (χ3v) is 5.30. The Morgan fingerprint density at radius 3 is 2.80 bits per heavy atom. The molecule has 2 aliphatic heterocycles. The second kappa shape index (κ2) is 5.47. The lowest BCUT2D eigenvalue weighted by molar-refractivity contribution is -0.153. The van der Waals surface area contributed by atoms with Gasteiger partial charge in [0.1, 0.15) is 11.4 Å². The van der Waals surface area contributed by atoms with Gasteiger partial charge in [-0.3, -0.25) is 9.59 Å². The highest BCUT2D eigenvalue weighted by molar-refractivity contribution is 5.87. The highest BCUT2D eigenvalue weighted by Gasteiger charge is 2.46. The van der Waals surface area contributed by atoms with Crippen LogP contribution in [0.25, 0.3) is 0 Å². The van der Waals surface area contributed by atoms with Crippen LogP contribution in [0.4, 0.5) is 0 Å². The summed E-state index contributed by atoms with van der Waals surface area (Å²) in [5.41, 5.74) is -0.639. The zero-order chi connectivity index (χ0) is 14.2. The van der Waals surface area contributed by atoms with Crippen molar-refractivity contribution in [2.24, 2.45) is 5.92 Å². The summed E-state index contributed by atoms with van der Waals surface area (Å²) in [7, 11) is 0. The standard InChI is InChI=1S/C16H25NO3/c1-16(9-5-11-20-16)15(19)17-10-4-7-13(17)12-6-2-3-8-14(12)18/h12-13H,2-11H2,1H3. The number of nitrogens with zero attached hydrogens (tertiary/aromatic N) is 1. The summed E-state index contributed by atoms with van der Waals surface area (Å²) in [6.45, 7) is 3.40. The smallest absolute Gasteiger partial charge is 0.254 e. The molecular weight excluding hydrogens is 254 g/mol. The topological polar surface area (TPSA) is 46.6 Å². The maximum absolute atomic E-state index is 12.8. The van der Waals surface area contributed by atoms with Gasteiger partial charge >= 0.3 is 0 Å². The molecule has 2 saturated heterocycles. The van der Waals surface area contributed by atoms with Crippen LogP contribution in [-0.4, -0.2) is 41.4 Å². The van der Waals surface area contributed by atoms with E-state index in [-0.39, 0.29) is 17.9 Å². The van der Waals surface area contributed by atoms with Crippen molar-refractivity contribution in [2.75, 3.05) is 13.2 Å². The zero-order valence-corrected chi connectivity index (χ0v) is 12.4. The van der Waals surface area contributed by atoms with Crippen molar-refractivity contribution in [1.82, 2.24) is 4.90 Å². The van der Waals surface area contributed by atoms with E-state index in [1.165, 1.54) is 0 Å². The number of ether oxygens (including phenoxy) is 1. The summed E-state index contributed by atoms with van der Waals surface area (Å²) in [6, 6.07) is 0.135. The molecule has 3 aliphatic rings. The minimum atomic E-state index is -0.639. The lowest BCUT2D eigenvalue weighted by Crippen LogP contribution is -2.51. The van der Waals surface area contributed by atoms with Crippen LogP contribution in [0.2, 0.25) is 0 Å². The Hall–Kier alpha value is -0.900. The number of amides is 1. The van der Waals surface area contributed by atoms with Gasteiger partial charge in [-0.1, -0.05) is 6.42 Å². The van der Waals surface area contributed by atoms with E-state index in [2.05, 4.69) is 0 Å². The quantitative estimate of drug-likeness (QED) is 0.779. The molecule has 20 heavy (non-hydrogen) atoms. The predicted octanol–water partition coefficient (Wildman–Crippen LogP) is 2.31. The minimum Gasteiger partial charge on any atom is -0.365 e. The number of rotatable bonds is 2. The van der Waals surface area contributed by atoms with Gasteiger partial charge in [-0.25, -0.2) is 0 Å². The maximum atomic E-state index is 12.8. The summed E-state index contributed by atoms with van der Waals surface area (Å²) in [4.78, 5) is 27.0. The number of carbonyl (C=O) groups excluding carboxylic acids is 2. The summed E-state index contributed by atoms with van der Waals surface area (Å²) >= 11 is 0. The molecule has 0 aromatic carbocycles. The van der Waals surface area contributed by atoms with Crippen LogP contribution in [0.1, 0.15) is 58.3 Å². The van der Waals surface area contributed by atoms with Crippen molar-refractivity contribution >= 4 is 11.7 Å². The van der Waals surface area contributed by atoms with Gasteiger partial charge in [-0.2, -0.15) is 0 Å². The van der Waals surface area contributed by atoms with Crippen LogP contribution in [-0.2, 0) is 14.3 Å². The Balaban J connectivity index is 1.75. The summed E-state index contributed by atoms with van der Waals surface area (Å²) in [5.74, 6) is 0.578. The average molecular weight is 279 g/mol. The first-order valence-electron chi connectivity index (χ1n) is 8.09. The van der Waals surface area contributed by atoms with Crippen molar-refractivity contribution in [3.8, 4) is 0 Å². The third kappa shape index (κ3) is 2.39. The molecule has 0 N–H and O–H groups in total. The SMILES string of the molecule is CC1(C(=O)N2CCCC2C2CCCCC2=O)CCCO1. The summed E-state index contributed by atoms with van der Waals surface area (Å²) < 4.78 is 5.70. The fraction of sp³-hybridized carbons (Fsp3) is 0.875. The molecule has 1 aliphatic carbocycles. The van der Waals surface area contributed by atoms with Crippen LogP contribution in [0, 0.1) is 5.92 Å². The van der Waals surface area contributed by atoms with Gasteiger partial charge in [0.05, 0.1) is 0 Å². The molecule has 3 fully saturated rings. The van der Waals surface area contributed by atoms with E-state index in [0.29, 0.717) is 18.8 Å². The molecule has 3 unspecified atom stereocenters. The Bertz CT molecular complexity index is 401. The second-order valence-corrected chi connectivity index (χ2v) is 6.71. The van der Waals surface area contributed by atoms with Gasteiger partial charge in [-0.05, 0) is 45.4 Å². The van der Waals surface area contributed by atoms with Gasteiger partial charge in [0.15, 0.2) is 0 Å². The highest BCUT2D eigenvalue weighted by Crippen LogP contribution is 2.36. The number of carbonyl (C=O) groups is 2. The maximum Gasteiger partial charge on any atom is 0.254 e. The van der Waals surface area contributed by atoms with Crippen molar-refractivity contribution in [2.45, 2.75) is 69.9 Å². The Morgan fingerprint density at radius 1 is 1.25 bits per heavy atom. The molecule has 2 heterocycles. The van der Waals surface area contributed by atoms with E-state index in [1.807, 2.05) is 11.8 Å². The number of likely N-dealkylation sites (tertiary alicyclic amines) is 1. The molecule has 4 heteroatoms. The van der Waals surface area contributed by atoms with Gasteiger partial charge in [-0.15, -0.1) is 0 Å². The molecule has 1 amide bonds. The lowest BCUT2D eigenvalue weighted by atomic mass is 9.81. The molecule has 3 atom stereocenters. The second-order valence-electron chi connectivity index (χ2n) is 6.71. The van der Waals surface area contributed by atoms with Crippen LogP contribution >= 0.6 is 0 Å². The van der Waals surface area contributed by atoms with Gasteiger partial charge in [0.25, 0.3) is 5.91 Å². The van der Waals surface area contributed by atoms with Crippen LogP contribution in [0.5, 0.6) is 0 Å². The molecule has 3 rings (SSSR count). The molecule has 112 valence electrons. The van der Waals surface area contributed by atoms with Crippen LogP contribution < -0.4 is 0 Å². The summed E-state index contributed by atoms with van der Waals surface area (Å²) in [6.07, 6.45) is 7.60. The first-order chi connectivity index (χ1) is 9.62. The molecular formula is C16H25NO3. The molecule has 0 spiro atoms. The number of ketones is 1. The molecule has 1 saturated carbocycles. The van der Waals surface area contributed by atoms with Crippen LogP contribution in [0.3, 0.4) is 0 Å². The first-order valence-corrected chi connectivity index (χ1v) is 8.09. The summed E-state index contributed by atoms with van der Waals surface area (Å²) in [5, 5.41) is 0. The molecule has 0 bridgehead atoms. The van der Waals surface area contributed by atoms with Gasteiger partial charge in [0.2, 0.25) is 0 Å². The number of Topliss-reactive ketones (excluding diaryl/α,β-unsaturated/α-hetero) is 1. The number of hydrogen-bond donors (Lipinski definition) is 0. The first kappa shape index (κ1) is 14.1. The molecule has 0 aromatic rings. The molecule has 0 radical (unpaired) electrons. The third-order valence-electron chi connectivity index (χ3n) is 5.30. The Morgan fingerprint density at radius 2 is 2.10 bits per heavy atom. The number of hydrogen-bond acceptors (Lipinski definition) is 3. The Labute approximate surface area is 120 Å². The van der Waals surface area contributed by atoms with Crippen molar-refractivity contribution in [3.63, 3.8) is 0 Å². The van der Waals surface area contributed by atoms with E-state index >= 15 is 0 Å². The monoisotopic (exact) mass is 279 g/mol. The van der Waals surface area contributed by atoms with Crippen LogP contribution in [0.15, 0.2) is 0 Å². The largest absolute Gasteiger partial charge is 0.365 e. The Kier molecular flexibility index (Phi) is 3.85.